The van der Waals surface area contributed by atoms with Gasteiger partial charge in [-0.15, -0.1) is 0 Å². The van der Waals surface area contributed by atoms with Crippen LogP contribution < -0.4 is 16.3 Å². The number of hydrogen-bond acceptors (Lipinski definition) is 5. The number of carbonyl (C=O) groups excluding carboxylic acids is 1. The lowest BCUT2D eigenvalue weighted by molar-refractivity contribution is 0.0924. The van der Waals surface area contributed by atoms with Crippen molar-refractivity contribution in [3.05, 3.63) is 98.9 Å². The average molecular weight is 405 g/mol. The number of fused-ring (bicyclic) bond motifs is 1. The topological polar surface area (TPSA) is 94.2 Å². The van der Waals surface area contributed by atoms with Gasteiger partial charge in [0.2, 0.25) is 0 Å². The fourth-order valence-corrected chi connectivity index (χ4v) is 2.96. The molecule has 8 heteroatoms. The van der Waals surface area contributed by atoms with Crippen LogP contribution >= 0.6 is 0 Å². The molecule has 0 spiro atoms. The first-order valence-electron chi connectivity index (χ1n) is 9.16. The van der Waals surface area contributed by atoms with Crippen molar-refractivity contribution in [2.45, 2.75) is 6.54 Å². The molecule has 4 aromatic rings. The van der Waals surface area contributed by atoms with Crippen LogP contribution in [0.3, 0.4) is 0 Å². The van der Waals surface area contributed by atoms with Crippen molar-refractivity contribution < 1.29 is 13.6 Å². The quantitative estimate of drug-likeness (QED) is 0.551. The van der Waals surface area contributed by atoms with E-state index in [9.17, 15) is 18.8 Å². The molecule has 2 heterocycles. The molecule has 30 heavy (non-hydrogen) atoms. The second kappa shape index (κ2) is 8.12. The molecule has 0 atom stereocenters. The SMILES string of the molecule is O=C(NCCn1nc(-c2ccc(F)cc2)ccc1=O)c1cc(=O)c2ccccc2o1. The third-order valence-corrected chi connectivity index (χ3v) is 4.47. The van der Waals surface area contributed by atoms with E-state index < -0.39 is 5.91 Å². The number of rotatable bonds is 5. The molecule has 0 radical (unpaired) electrons. The second-order valence-corrected chi connectivity index (χ2v) is 6.51. The Bertz CT molecular complexity index is 1340. The number of aromatic nitrogens is 2. The molecule has 0 saturated heterocycles. The Hall–Kier alpha value is -4.07. The first-order valence-corrected chi connectivity index (χ1v) is 9.16. The number of carbonyl (C=O) groups is 1. The van der Waals surface area contributed by atoms with Gasteiger partial charge in [-0.05, 0) is 42.5 Å². The maximum atomic E-state index is 13.1. The Labute approximate surface area is 169 Å². The van der Waals surface area contributed by atoms with Crippen molar-refractivity contribution in [3.63, 3.8) is 0 Å². The van der Waals surface area contributed by atoms with Gasteiger partial charge in [-0.25, -0.2) is 9.07 Å². The Morgan fingerprint density at radius 2 is 1.80 bits per heavy atom. The Kier molecular flexibility index (Phi) is 5.21. The van der Waals surface area contributed by atoms with Crippen molar-refractivity contribution in [3.8, 4) is 11.3 Å². The molecule has 150 valence electrons. The summed E-state index contributed by atoms with van der Waals surface area (Å²) in [7, 11) is 0. The summed E-state index contributed by atoms with van der Waals surface area (Å²) in [6.07, 6.45) is 0. The van der Waals surface area contributed by atoms with Crippen molar-refractivity contribution in [1.82, 2.24) is 15.1 Å². The van der Waals surface area contributed by atoms with Gasteiger partial charge in [0.25, 0.3) is 11.5 Å². The van der Waals surface area contributed by atoms with E-state index in [1.165, 1.54) is 22.9 Å². The summed E-state index contributed by atoms with van der Waals surface area (Å²) >= 11 is 0. The number of para-hydroxylation sites is 1. The van der Waals surface area contributed by atoms with E-state index in [0.29, 0.717) is 22.2 Å². The Morgan fingerprint density at radius 3 is 2.60 bits per heavy atom. The van der Waals surface area contributed by atoms with E-state index in [1.54, 1.807) is 42.5 Å². The van der Waals surface area contributed by atoms with Crippen molar-refractivity contribution in [1.29, 1.82) is 0 Å². The standard InChI is InChI=1S/C22H16FN3O4/c23-15-7-5-14(6-8-15)17-9-10-21(28)26(25-17)12-11-24-22(29)20-13-18(27)16-3-1-2-4-19(16)30-20/h1-10,13H,11-12H2,(H,24,29). The van der Waals surface area contributed by atoms with Crippen LogP contribution in [0.2, 0.25) is 0 Å². The van der Waals surface area contributed by atoms with Crippen LogP contribution in [-0.4, -0.2) is 22.2 Å². The van der Waals surface area contributed by atoms with Crippen LogP contribution in [-0.2, 0) is 6.54 Å². The molecule has 0 aliphatic heterocycles. The summed E-state index contributed by atoms with van der Waals surface area (Å²) in [6.45, 7) is 0.201. The van der Waals surface area contributed by atoms with E-state index in [-0.39, 0.29) is 35.7 Å². The molecular weight excluding hydrogens is 389 g/mol. The predicted octanol–water partition coefficient (Wildman–Crippen LogP) is 2.59. The smallest absolute Gasteiger partial charge is 0.287 e. The van der Waals surface area contributed by atoms with Gasteiger partial charge in [-0.3, -0.25) is 14.4 Å². The van der Waals surface area contributed by atoms with Gasteiger partial charge in [0.1, 0.15) is 11.4 Å². The highest BCUT2D eigenvalue weighted by Crippen LogP contribution is 2.15. The number of nitrogens with one attached hydrogen (secondary N) is 1. The van der Waals surface area contributed by atoms with E-state index in [1.807, 2.05) is 0 Å². The molecule has 0 saturated carbocycles. The molecule has 0 aliphatic carbocycles. The highest BCUT2D eigenvalue weighted by atomic mass is 19.1. The van der Waals surface area contributed by atoms with E-state index in [2.05, 4.69) is 10.4 Å². The lowest BCUT2D eigenvalue weighted by Crippen LogP contribution is -2.32. The number of hydrogen-bond donors (Lipinski definition) is 1. The van der Waals surface area contributed by atoms with Crippen molar-refractivity contribution >= 4 is 16.9 Å². The fraction of sp³-hybridized carbons (Fsp3) is 0.0909. The van der Waals surface area contributed by atoms with Crippen LogP contribution in [0.4, 0.5) is 4.39 Å². The summed E-state index contributed by atoms with van der Waals surface area (Å²) in [5.74, 6) is -1.05. The van der Waals surface area contributed by atoms with Crippen molar-refractivity contribution in [2.75, 3.05) is 6.54 Å². The zero-order valence-electron chi connectivity index (χ0n) is 15.7. The molecule has 0 fully saturated rings. The normalized spacial score (nSPS) is 10.8. The minimum absolute atomic E-state index is 0.0924. The summed E-state index contributed by atoms with van der Waals surface area (Å²) in [5.41, 5.74) is 0.827. The van der Waals surface area contributed by atoms with Gasteiger partial charge in [-0.1, -0.05) is 12.1 Å². The molecule has 0 aliphatic rings. The summed E-state index contributed by atoms with van der Waals surface area (Å²) in [4.78, 5) is 36.5. The van der Waals surface area contributed by atoms with Crippen LogP contribution in [0.5, 0.6) is 0 Å². The summed E-state index contributed by atoms with van der Waals surface area (Å²) in [5, 5.41) is 7.26. The Morgan fingerprint density at radius 1 is 1.03 bits per heavy atom. The van der Waals surface area contributed by atoms with Gasteiger partial charge < -0.3 is 9.73 Å². The van der Waals surface area contributed by atoms with E-state index in [0.717, 1.165) is 6.07 Å². The first-order chi connectivity index (χ1) is 14.5. The first kappa shape index (κ1) is 19.3. The van der Waals surface area contributed by atoms with Gasteiger partial charge in [0.05, 0.1) is 17.6 Å². The van der Waals surface area contributed by atoms with Gasteiger partial charge in [-0.2, -0.15) is 5.10 Å². The van der Waals surface area contributed by atoms with Gasteiger partial charge >= 0.3 is 0 Å². The molecule has 1 amide bonds. The van der Waals surface area contributed by atoms with E-state index in [4.69, 9.17) is 4.42 Å². The molecule has 4 rings (SSSR count). The number of amides is 1. The zero-order chi connectivity index (χ0) is 21.1. The highest BCUT2D eigenvalue weighted by Gasteiger charge is 2.12. The third-order valence-electron chi connectivity index (χ3n) is 4.47. The Balaban J connectivity index is 1.47. The minimum Gasteiger partial charge on any atom is -0.451 e. The molecule has 1 N–H and O–H groups in total. The maximum absolute atomic E-state index is 13.1. The van der Waals surface area contributed by atoms with Crippen molar-refractivity contribution in [2.24, 2.45) is 0 Å². The largest absolute Gasteiger partial charge is 0.451 e. The molecule has 2 aromatic heterocycles. The minimum atomic E-state index is -0.569. The van der Waals surface area contributed by atoms with Crippen LogP contribution in [0.15, 0.2) is 80.7 Å². The van der Waals surface area contributed by atoms with Crippen LogP contribution in [0, 0.1) is 5.82 Å². The summed E-state index contributed by atoms with van der Waals surface area (Å²) < 4.78 is 19.8. The monoisotopic (exact) mass is 405 g/mol. The second-order valence-electron chi connectivity index (χ2n) is 6.51. The van der Waals surface area contributed by atoms with Crippen LogP contribution in [0.25, 0.3) is 22.2 Å². The molecular formula is C22H16FN3O4. The number of benzene rings is 2. The third kappa shape index (κ3) is 4.02. The lowest BCUT2D eigenvalue weighted by Gasteiger charge is -2.08. The van der Waals surface area contributed by atoms with Gasteiger partial charge in [0, 0.05) is 24.2 Å². The zero-order valence-corrected chi connectivity index (χ0v) is 15.7. The summed E-state index contributed by atoms with van der Waals surface area (Å²) in [6, 6.07) is 16.4. The molecule has 7 nitrogen and oxygen atoms in total. The predicted molar refractivity (Wildman–Crippen MR) is 109 cm³/mol. The molecule has 0 bridgehead atoms. The number of halogens is 1. The highest BCUT2D eigenvalue weighted by molar-refractivity contribution is 5.93. The van der Waals surface area contributed by atoms with Crippen LogP contribution in [0.1, 0.15) is 10.6 Å². The molecule has 0 unspecified atom stereocenters. The number of nitrogens with zero attached hydrogens (tertiary/aromatic N) is 2. The van der Waals surface area contributed by atoms with E-state index >= 15 is 0 Å². The molecule has 2 aromatic carbocycles. The maximum Gasteiger partial charge on any atom is 0.287 e. The average Bonchev–Trinajstić information content (AvgIpc) is 2.75. The fourth-order valence-electron chi connectivity index (χ4n) is 2.96. The van der Waals surface area contributed by atoms with Gasteiger partial charge in [0.15, 0.2) is 11.2 Å². The lowest BCUT2D eigenvalue weighted by atomic mass is 10.1.